The van der Waals surface area contributed by atoms with E-state index < -0.39 is 0 Å². The summed E-state index contributed by atoms with van der Waals surface area (Å²) >= 11 is 5.88. The molecule has 0 radical (unpaired) electrons. The molecule has 0 spiro atoms. The molecule has 0 aliphatic rings. The van der Waals surface area contributed by atoms with Crippen molar-refractivity contribution in [2.24, 2.45) is 0 Å². The third kappa shape index (κ3) is 3.01. The molecule has 1 atom stereocenters. The molecule has 1 aromatic heterocycles. The monoisotopic (exact) mass is 272 g/mol. The first-order valence-corrected chi connectivity index (χ1v) is 6.21. The Kier molecular flexibility index (Phi) is 3.98. The van der Waals surface area contributed by atoms with Crippen LogP contribution in [0.15, 0.2) is 36.5 Å². The van der Waals surface area contributed by atoms with Crippen LogP contribution in [-0.4, -0.2) is 17.0 Å². The Morgan fingerprint density at radius 1 is 1.26 bits per heavy atom. The molecule has 1 heterocycles. The fourth-order valence-corrected chi connectivity index (χ4v) is 1.84. The van der Waals surface area contributed by atoms with Crippen molar-refractivity contribution in [3.8, 4) is 6.07 Å². The highest BCUT2D eigenvalue weighted by atomic mass is 35.5. The Hall–Kier alpha value is -2.12. The van der Waals surface area contributed by atoms with Gasteiger partial charge in [-0.3, -0.25) is 0 Å². The van der Waals surface area contributed by atoms with Crippen LogP contribution in [0.2, 0.25) is 5.02 Å². The average Bonchev–Trinajstić information content (AvgIpc) is 2.46. The van der Waals surface area contributed by atoms with Crippen LogP contribution in [0.25, 0.3) is 0 Å². The minimum Gasteiger partial charge on any atom is -0.337 e. The van der Waals surface area contributed by atoms with Gasteiger partial charge < -0.3 is 4.90 Å². The number of rotatable bonds is 3. The smallest absolute Gasteiger partial charge is 0.226 e. The highest BCUT2D eigenvalue weighted by molar-refractivity contribution is 6.30. The number of nitrogens with zero attached hydrogens (tertiary/aromatic N) is 4. The number of nitriles is 1. The van der Waals surface area contributed by atoms with E-state index in [0.29, 0.717) is 16.7 Å². The number of hydrogen-bond donors (Lipinski definition) is 0. The van der Waals surface area contributed by atoms with Crippen LogP contribution in [-0.2, 0) is 0 Å². The maximum Gasteiger partial charge on any atom is 0.226 e. The summed E-state index contributed by atoms with van der Waals surface area (Å²) in [6.45, 7) is 2.05. The summed E-state index contributed by atoms with van der Waals surface area (Å²) in [5.41, 5.74) is 1.47. The summed E-state index contributed by atoms with van der Waals surface area (Å²) in [6, 6.07) is 11.3. The van der Waals surface area contributed by atoms with Gasteiger partial charge in [0.2, 0.25) is 5.95 Å². The Morgan fingerprint density at radius 2 is 1.95 bits per heavy atom. The number of aromatic nitrogens is 2. The molecule has 0 fully saturated rings. The fourth-order valence-electron chi connectivity index (χ4n) is 1.72. The lowest BCUT2D eigenvalue weighted by Crippen LogP contribution is -2.23. The van der Waals surface area contributed by atoms with Gasteiger partial charge in [0, 0.05) is 18.3 Å². The molecule has 0 saturated carbocycles. The molecule has 4 nitrogen and oxygen atoms in total. The first-order chi connectivity index (χ1) is 9.11. The van der Waals surface area contributed by atoms with Crippen LogP contribution in [0, 0.1) is 11.3 Å². The molecule has 0 saturated heterocycles. The predicted octanol–water partition coefficient (Wildman–Crippen LogP) is 3.20. The summed E-state index contributed by atoms with van der Waals surface area (Å²) in [7, 11) is 1.90. The molecular formula is C14H13ClN4. The van der Waals surface area contributed by atoms with Gasteiger partial charge in [0.15, 0.2) is 0 Å². The van der Waals surface area contributed by atoms with Gasteiger partial charge in [0.1, 0.15) is 11.8 Å². The molecule has 5 heteroatoms. The molecule has 0 N–H and O–H groups in total. The Balaban J connectivity index is 2.25. The van der Waals surface area contributed by atoms with E-state index in [1.165, 1.54) is 0 Å². The van der Waals surface area contributed by atoms with E-state index in [9.17, 15) is 0 Å². The molecule has 1 unspecified atom stereocenters. The molecule has 2 aromatic rings. The highest BCUT2D eigenvalue weighted by Gasteiger charge is 2.14. The largest absolute Gasteiger partial charge is 0.337 e. The van der Waals surface area contributed by atoms with E-state index in [0.717, 1.165) is 5.56 Å². The van der Waals surface area contributed by atoms with Crippen molar-refractivity contribution < 1.29 is 0 Å². The van der Waals surface area contributed by atoms with E-state index in [4.69, 9.17) is 16.9 Å². The lowest BCUT2D eigenvalue weighted by molar-refractivity contribution is 0.714. The number of halogens is 1. The quantitative estimate of drug-likeness (QED) is 0.861. The second-order valence-electron chi connectivity index (χ2n) is 4.19. The molecule has 0 aliphatic carbocycles. The van der Waals surface area contributed by atoms with Gasteiger partial charge in [-0.15, -0.1) is 0 Å². The van der Waals surface area contributed by atoms with E-state index in [1.54, 1.807) is 12.3 Å². The number of hydrogen-bond acceptors (Lipinski definition) is 4. The average molecular weight is 273 g/mol. The van der Waals surface area contributed by atoms with Crippen molar-refractivity contribution in [3.63, 3.8) is 0 Å². The zero-order chi connectivity index (χ0) is 13.8. The van der Waals surface area contributed by atoms with Crippen molar-refractivity contribution in [1.29, 1.82) is 5.26 Å². The minimum atomic E-state index is 0.0891. The van der Waals surface area contributed by atoms with E-state index in [1.807, 2.05) is 49.2 Å². The van der Waals surface area contributed by atoms with Crippen LogP contribution in [0.3, 0.4) is 0 Å². The lowest BCUT2D eigenvalue weighted by atomic mass is 10.1. The molecule has 19 heavy (non-hydrogen) atoms. The topological polar surface area (TPSA) is 52.8 Å². The maximum absolute atomic E-state index is 8.86. The van der Waals surface area contributed by atoms with Gasteiger partial charge >= 0.3 is 0 Å². The molecule has 2 rings (SSSR count). The normalized spacial score (nSPS) is 11.7. The van der Waals surface area contributed by atoms with Crippen LogP contribution >= 0.6 is 11.6 Å². The van der Waals surface area contributed by atoms with E-state index in [-0.39, 0.29) is 6.04 Å². The predicted molar refractivity (Wildman–Crippen MR) is 75.0 cm³/mol. The Morgan fingerprint density at radius 3 is 2.58 bits per heavy atom. The first kappa shape index (κ1) is 13.3. The Bertz CT molecular complexity index is 604. The van der Waals surface area contributed by atoms with Crippen molar-refractivity contribution in [2.75, 3.05) is 11.9 Å². The molecule has 0 aliphatic heterocycles. The SMILES string of the molecule is CC(c1ccc(Cl)cc1)N(C)c1nccc(C#N)n1. The van der Waals surface area contributed by atoms with Gasteiger partial charge in [-0.05, 0) is 30.7 Å². The lowest BCUT2D eigenvalue weighted by Gasteiger charge is -2.25. The summed E-state index contributed by atoms with van der Waals surface area (Å²) in [6.07, 6.45) is 1.59. The standard InChI is InChI=1S/C14H13ClN4/c1-10(11-3-5-12(15)6-4-11)19(2)14-17-8-7-13(9-16)18-14/h3-8,10H,1-2H3. The van der Waals surface area contributed by atoms with Crippen molar-refractivity contribution in [1.82, 2.24) is 9.97 Å². The fraction of sp³-hybridized carbons (Fsp3) is 0.214. The Labute approximate surface area is 117 Å². The third-order valence-electron chi connectivity index (χ3n) is 3.01. The van der Waals surface area contributed by atoms with Crippen molar-refractivity contribution in [3.05, 3.63) is 52.8 Å². The molecule has 96 valence electrons. The summed E-state index contributed by atoms with van der Waals surface area (Å²) in [4.78, 5) is 10.3. The highest BCUT2D eigenvalue weighted by Crippen LogP contribution is 2.23. The minimum absolute atomic E-state index is 0.0891. The van der Waals surface area contributed by atoms with Crippen LogP contribution in [0.1, 0.15) is 24.2 Å². The van der Waals surface area contributed by atoms with E-state index in [2.05, 4.69) is 9.97 Å². The first-order valence-electron chi connectivity index (χ1n) is 5.83. The summed E-state index contributed by atoms with van der Waals surface area (Å²) in [5, 5.41) is 9.57. The second kappa shape index (κ2) is 5.68. The van der Waals surface area contributed by atoms with Crippen LogP contribution in [0.4, 0.5) is 5.95 Å². The van der Waals surface area contributed by atoms with Gasteiger partial charge in [-0.25, -0.2) is 9.97 Å². The molecular weight excluding hydrogens is 260 g/mol. The zero-order valence-corrected chi connectivity index (χ0v) is 11.5. The van der Waals surface area contributed by atoms with Crippen LogP contribution < -0.4 is 4.90 Å². The second-order valence-corrected chi connectivity index (χ2v) is 4.63. The molecule has 0 bridgehead atoms. The van der Waals surface area contributed by atoms with Gasteiger partial charge in [0.05, 0.1) is 6.04 Å². The van der Waals surface area contributed by atoms with Crippen LogP contribution in [0.5, 0.6) is 0 Å². The van der Waals surface area contributed by atoms with Crippen molar-refractivity contribution >= 4 is 17.5 Å². The van der Waals surface area contributed by atoms with Gasteiger partial charge in [0.25, 0.3) is 0 Å². The zero-order valence-electron chi connectivity index (χ0n) is 10.7. The third-order valence-corrected chi connectivity index (χ3v) is 3.26. The number of benzene rings is 1. The maximum atomic E-state index is 8.86. The summed E-state index contributed by atoms with van der Waals surface area (Å²) in [5.74, 6) is 0.529. The molecule has 1 aromatic carbocycles. The number of anilines is 1. The van der Waals surface area contributed by atoms with Crippen molar-refractivity contribution in [2.45, 2.75) is 13.0 Å². The summed E-state index contributed by atoms with van der Waals surface area (Å²) < 4.78 is 0. The molecule has 0 amide bonds. The van der Waals surface area contributed by atoms with Gasteiger partial charge in [-0.1, -0.05) is 23.7 Å². The van der Waals surface area contributed by atoms with Gasteiger partial charge in [-0.2, -0.15) is 5.26 Å². The van der Waals surface area contributed by atoms with E-state index >= 15 is 0 Å².